The molecule has 26 heavy (non-hydrogen) atoms. The molecule has 0 aromatic carbocycles. The van der Waals surface area contributed by atoms with E-state index in [1.807, 2.05) is 0 Å². The van der Waals surface area contributed by atoms with E-state index in [0.717, 1.165) is 38.2 Å². The topological polar surface area (TPSA) is 94.9 Å². The van der Waals surface area contributed by atoms with Crippen LogP contribution in [-0.4, -0.2) is 46.0 Å². The number of amides is 2. The number of aliphatic carboxylic acids is 1. The van der Waals surface area contributed by atoms with E-state index in [4.69, 9.17) is 10.2 Å². The Bertz CT molecular complexity index is 406. The van der Waals surface area contributed by atoms with E-state index in [-0.39, 0.29) is 11.8 Å². The average Bonchev–Trinajstić information content (AvgIpc) is 2.62. The summed E-state index contributed by atoms with van der Waals surface area (Å²) in [6.45, 7) is 3.91. The molecule has 6 nitrogen and oxygen atoms in total. The zero-order chi connectivity index (χ0) is 19.6. The third-order valence-electron chi connectivity index (χ3n) is 4.35. The highest BCUT2D eigenvalue weighted by atomic mass is 16.4. The molecule has 0 radical (unpaired) electrons. The van der Waals surface area contributed by atoms with Gasteiger partial charge in [0, 0.05) is 32.1 Å². The van der Waals surface area contributed by atoms with Crippen LogP contribution in [-0.2, 0) is 14.4 Å². The SMILES string of the molecule is C=CC(=O)O.O=C1CCCC(=O)N1CCCCCCCCCCCCO. The molecule has 0 bridgehead atoms. The van der Waals surface area contributed by atoms with E-state index in [1.54, 1.807) is 0 Å². The van der Waals surface area contributed by atoms with Gasteiger partial charge >= 0.3 is 5.97 Å². The van der Waals surface area contributed by atoms with Crippen molar-refractivity contribution >= 4 is 17.8 Å². The van der Waals surface area contributed by atoms with Gasteiger partial charge in [-0.3, -0.25) is 14.5 Å². The highest BCUT2D eigenvalue weighted by Gasteiger charge is 2.24. The van der Waals surface area contributed by atoms with Crippen molar-refractivity contribution in [3.8, 4) is 0 Å². The Labute approximate surface area is 157 Å². The van der Waals surface area contributed by atoms with Crippen molar-refractivity contribution in [2.24, 2.45) is 0 Å². The zero-order valence-electron chi connectivity index (χ0n) is 16.0. The van der Waals surface area contributed by atoms with Crippen LogP contribution in [0.2, 0.25) is 0 Å². The monoisotopic (exact) mass is 369 g/mol. The van der Waals surface area contributed by atoms with Crippen molar-refractivity contribution in [2.75, 3.05) is 13.2 Å². The number of imide groups is 1. The molecule has 0 aromatic heterocycles. The number of likely N-dealkylation sites (tertiary alicyclic amines) is 1. The summed E-state index contributed by atoms with van der Waals surface area (Å²) in [7, 11) is 0. The van der Waals surface area contributed by atoms with Gasteiger partial charge in [0.05, 0.1) is 0 Å². The normalized spacial score (nSPS) is 14.0. The summed E-state index contributed by atoms with van der Waals surface area (Å²) in [5, 5.41) is 16.3. The fraction of sp³-hybridized carbons (Fsp3) is 0.750. The van der Waals surface area contributed by atoms with Crippen molar-refractivity contribution < 1.29 is 24.6 Å². The lowest BCUT2D eigenvalue weighted by Crippen LogP contribution is -2.40. The van der Waals surface area contributed by atoms with Crippen LogP contribution >= 0.6 is 0 Å². The Morgan fingerprint density at radius 3 is 1.65 bits per heavy atom. The largest absolute Gasteiger partial charge is 0.478 e. The second-order valence-corrected chi connectivity index (χ2v) is 6.59. The fourth-order valence-electron chi connectivity index (χ4n) is 2.85. The number of carboxylic acids is 1. The summed E-state index contributed by atoms with van der Waals surface area (Å²) in [5.41, 5.74) is 0. The Morgan fingerprint density at radius 2 is 1.27 bits per heavy atom. The van der Waals surface area contributed by atoms with Crippen molar-refractivity contribution in [2.45, 2.75) is 83.5 Å². The molecule has 1 heterocycles. The predicted molar refractivity (Wildman–Crippen MR) is 102 cm³/mol. The lowest BCUT2D eigenvalue weighted by Gasteiger charge is -2.24. The van der Waals surface area contributed by atoms with Gasteiger partial charge in [0.2, 0.25) is 11.8 Å². The minimum atomic E-state index is -0.981. The Kier molecular flexibility index (Phi) is 15.7. The van der Waals surface area contributed by atoms with Gasteiger partial charge in [-0.15, -0.1) is 0 Å². The maximum atomic E-state index is 11.6. The van der Waals surface area contributed by atoms with Crippen LogP contribution in [0.5, 0.6) is 0 Å². The molecular formula is C20H35NO5. The number of aliphatic hydroxyl groups is 1. The molecule has 0 spiro atoms. The number of carbonyl (C=O) groups is 3. The number of unbranched alkanes of at least 4 members (excludes halogenated alkanes) is 9. The number of carbonyl (C=O) groups excluding carboxylic acids is 2. The summed E-state index contributed by atoms with van der Waals surface area (Å²) in [4.78, 5) is 33.9. The quantitative estimate of drug-likeness (QED) is 0.293. The third-order valence-corrected chi connectivity index (χ3v) is 4.35. The van der Waals surface area contributed by atoms with E-state index in [2.05, 4.69) is 6.58 Å². The van der Waals surface area contributed by atoms with Crippen LogP contribution in [0.15, 0.2) is 12.7 Å². The Hall–Kier alpha value is -1.69. The molecule has 0 atom stereocenters. The first-order valence-corrected chi connectivity index (χ1v) is 9.82. The molecule has 1 fully saturated rings. The highest BCUT2D eigenvalue weighted by Crippen LogP contribution is 2.14. The second kappa shape index (κ2) is 16.8. The second-order valence-electron chi connectivity index (χ2n) is 6.59. The molecule has 0 aliphatic carbocycles. The van der Waals surface area contributed by atoms with Crippen LogP contribution in [0.1, 0.15) is 83.5 Å². The first-order chi connectivity index (χ1) is 12.5. The molecule has 6 heteroatoms. The van der Waals surface area contributed by atoms with Gasteiger partial charge in [0.1, 0.15) is 0 Å². The molecule has 0 unspecified atom stereocenters. The summed E-state index contributed by atoms with van der Waals surface area (Å²) in [6.07, 6.45) is 14.3. The molecule has 1 aliphatic heterocycles. The molecule has 2 N–H and O–H groups in total. The summed E-state index contributed by atoms with van der Waals surface area (Å²) in [5.74, 6) is -0.937. The first-order valence-electron chi connectivity index (χ1n) is 9.82. The molecular weight excluding hydrogens is 334 g/mol. The van der Waals surface area contributed by atoms with Crippen molar-refractivity contribution in [3.05, 3.63) is 12.7 Å². The number of nitrogens with zero attached hydrogens (tertiary/aromatic N) is 1. The summed E-state index contributed by atoms with van der Waals surface area (Å²) >= 11 is 0. The molecule has 2 amide bonds. The minimum Gasteiger partial charge on any atom is -0.478 e. The van der Waals surface area contributed by atoms with Crippen molar-refractivity contribution in [1.29, 1.82) is 0 Å². The maximum absolute atomic E-state index is 11.6. The first kappa shape index (κ1) is 24.3. The number of hydrogen-bond donors (Lipinski definition) is 2. The fourth-order valence-corrected chi connectivity index (χ4v) is 2.85. The van der Waals surface area contributed by atoms with Crippen LogP contribution in [0.3, 0.4) is 0 Å². The van der Waals surface area contributed by atoms with E-state index < -0.39 is 5.97 Å². The maximum Gasteiger partial charge on any atom is 0.327 e. The third kappa shape index (κ3) is 13.6. The van der Waals surface area contributed by atoms with Gasteiger partial charge in [-0.25, -0.2) is 4.79 Å². The molecule has 1 rings (SSSR count). The lowest BCUT2D eigenvalue weighted by atomic mass is 10.1. The molecule has 0 aromatic rings. The number of aliphatic hydroxyl groups excluding tert-OH is 1. The van der Waals surface area contributed by atoms with Gasteiger partial charge in [0.25, 0.3) is 0 Å². The van der Waals surface area contributed by atoms with Crippen LogP contribution in [0, 0.1) is 0 Å². The summed E-state index contributed by atoms with van der Waals surface area (Å²) in [6, 6.07) is 0. The van der Waals surface area contributed by atoms with E-state index >= 15 is 0 Å². The predicted octanol–water partition coefficient (Wildman–Crippen LogP) is 3.68. The minimum absolute atomic E-state index is 0.0223. The summed E-state index contributed by atoms with van der Waals surface area (Å²) < 4.78 is 0. The lowest BCUT2D eigenvalue weighted by molar-refractivity contribution is -0.148. The van der Waals surface area contributed by atoms with Gasteiger partial charge < -0.3 is 10.2 Å². The number of carboxylic acid groups (broad SMARTS) is 1. The zero-order valence-corrected chi connectivity index (χ0v) is 16.0. The standard InChI is InChI=1S/C17H31NO3.C3H4O2/c19-15-10-8-6-4-2-1-3-5-7-9-14-18-16(20)12-11-13-17(18)21;1-2-3(4)5/h19H,1-15H2;2H,1H2,(H,4,5). The number of rotatable bonds is 13. The van der Waals surface area contributed by atoms with Crippen LogP contribution in [0.25, 0.3) is 0 Å². The highest BCUT2D eigenvalue weighted by molar-refractivity contribution is 5.97. The van der Waals surface area contributed by atoms with Gasteiger partial charge in [-0.1, -0.05) is 57.9 Å². The van der Waals surface area contributed by atoms with Gasteiger partial charge in [-0.05, 0) is 19.3 Å². The molecule has 1 saturated heterocycles. The molecule has 1 aliphatic rings. The van der Waals surface area contributed by atoms with Crippen molar-refractivity contribution in [3.63, 3.8) is 0 Å². The van der Waals surface area contributed by atoms with E-state index in [9.17, 15) is 14.4 Å². The molecule has 150 valence electrons. The molecule has 0 saturated carbocycles. The Morgan fingerprint density at radius 1 is 0.885 bits per heavy atom. The number of hydrogen-bond acceptors (Lipinski definition) is 4. The van der Waals surface area contributed by atoms with E-state index in [1.165, 1.54) is 43.4 Å². The van der Waals surface area contributed by atoms with Crippen molar-refractivity contribution in [1.82, 2.24) is 4.90 Å². The average molecular weight is 370 g/mol. The smallest absolute Gasteiger partial charge is 0.327 e. The van der Waals surface area contributed by atoms with E-state index in [0.29, 0.717) is 26.0 Å². The van der Waals surface area contributed by atoms with Crippen LogP contribution in [0.4, 0.5) is 0 Å². The van der Waals surface area contributed by atoms with Crippen LogP contribution < -0.4 is 0 Å². The van der Waals surface area contributed by atoms with Gasteiger partial charge in [-0.2, -0.15) is 0 Å². The Balaban J connectivity index is 0.00000110. The number of piperidine rings is 1. The van der Waals surface area contributed by atoms with Gasteiger partial charge in [0.15, 0.2) is 0 Å².